The second kappa shape index (κ2) is 22.2. The molecule has 0 spiro atoms. The van der Waals surface area contributed by atoms with E-state index in [1.807, 2.05) is 96.9 Å². The summed E-state index contributed by atoms with van der Waals surface area (Å²) in [5.74, 6) is -2.99. The Hall–Kier alpha value is -2.30. The van der Waals surface area contributed by atoms with Crippen LogP contribution in [0.25, 0.3) is 0 Å². The molecule has 0 aromatic rings. The molecule has 10 nitrogen and oxygen atoms in total. The number of likely N-dealkylation sites (tertiary alicyclic amines) is 1. The molecule has 0 radical (unpaired) electrons. The molecule has 260 valence electrons. The molecule has 4 unspecified atom stereocenters. The molecule has 1 heterocycles. The van der Waals surface area contributed by atoms with Gasteiger partial charge in [0.1, 0.15) is 17.5 Å². The van der Waals surface area contributed by atoms with Crippen molar-refractivity contribution in [3.63, 3.8) is 0 Å². The summed E-state index contributed by atoms with van der Waals surface area (Å²) in [5.41, 5.74) is 4.12. The van der Waals surface area contributed by atoms with E-state index < -0.39 is 52.0 Å². The Morgan fingerprint density at radius 3 is 1.73 bits per heavy atom. The molecular weight excluding hydrogens is 578 g/mol. The van der Waals surface area contributed by atoms with Crippen LogP contribution in [0.1, 0.15) is 130 Å². The highest BCUT2D eigenvalue weighted by atomic mass is 32.2. The standard InChI is InChI=1S/C26H47N5O5S.C3H8.2C2H6/c1-11-26(9,10)30-24(36)28-19(25(6,7)8)23(35)31-13-12-16(14(2)3)17(31)21(34)29-22(37-15(4)5)18(32)20(27)33;1-3-2;2*1-2/h14-17,19,22H,11-13H2,1-10H3,(H2,27,33)(H,29,34)(H2,28,30,36);3H2,1-2H3;2*1-2H3. The summed E-state index contributed by atoms with van der Waals surface area (Å²) in [7, 11) is 0. The molecule has 44 heavy (non-hydrogen) atoms. The molecule has 0 bridgehead atoms. The molecule has 1 fully saturated rings. The predicted octanol–water partition coefficient (Wildman–Crippen LogP) is 5.87. The number of rotatable bonds is 11. The Bertz CT molecular complexity index is 886. The molecule has 1 saturated heterocycles. The van der Waals surface area contributed by atoms with Crippen LogP contribution in [0.15, 0.2) is 0 Å². The van der Waals surface area contributed by atoms with E-state index in [2.05, 4.69) is 29.8 Å². The van der Waals surface area contributed by atoms with E-state index >= 15 is 0 Å². The smallest absolute Gasteiger partial charge is 0.315 e. The number of nitrogens with two attached hydrogens (primary N) is 1. The highest BCUT2D eigenvalue weighted by molar-refractivity contribution is 8.01. The summed E-state index contributed by atoms with van der Waals surface area (Å²) < 4.78 is 0. The number of primary amides is 1. The van der Waals surface area contributed by atoms with Crippen LogP contribution in [-0.4, -0.2) is 69.2 Å². The number of thioether (sulfide) groups is 1. The van der Waals surface area contributed by atoms with Crippen LogP contribution in [-0.2, 0) is 19.2 Å². The quantitative estimate of drug-likeness (QED) is 0.163. The lowest BCUT2D eigenvalue weighted by Crippen LogP contribution is -2.61. The van der Waals surface area contributed by atoms with E-state index in [9.17, 15) is 24.0 Å². The average Bonchev–Trinajstić information content (AvgIpc) is 3.38. The molecule has 5 N–H and O–H groups in total. The van der Waals surface area contributed by atoms with E-state index in [1.165, 1.54) is 11.3 Å². The molecule has 1 rings (SSSR count). The van der Waals surface area contributed by atoms with Crippen LogP contribution in [0.3, 0.4) is 0 Å². The van der Waals surface area contributed by atoms with Crippen molar-refractivity contribution in [1.29, 1.82) is 0 Å². The normalized spacial score (nSPS) is 17.5. The van der Waals surface area contributed by atoms with Gasteiger partial charge < -0.3 is 26.6 Å². The SMILES string of the molecule is CC.CC.CCC.CCC(C)(C)NC(=O)NC(C(=O)N1CCC(C(C)C)C1C(=O)NC(SC(C)C)C(=O)C(N)=O)C(C)(C)C. The van der Waals surface area contributed by atoms with Gasteiger partial charge in [0.15, 0.2) is 0 Å². The molecule has 1 aliphatic heterocycles. The number of amides is 5. The van der Waals surface area contributed by atoms with Gasteiger partial charge in [-0.25, -0.2) is 4.79 Å². The first kappa shape index (κ1) is 46.1. The summed E-state index contributed by atoms with van der Waals surface area (Å²) >= 11 is 1.12. The minimum atomic E-state index is -1.14. The number of ketones is 1. The number of carbonyl (C=O) groups excluding carboxylic acids is 5. The van der Waals surface area contributed by atoms with Crippen LogP contribution < -0.4 is 21.7 Å². The fraction of sp³-hybridized carbons (Fsp3) is 0.848. The lowest BCUT2D eigenvalue weighted by molar-refractivity contribution is -0.143. The number of Topliss-reactive ketones (excluding diaryl/α,β-unsaturated/α-hetero) is 1. The van der Waals surface area contributed by atoms with Gasteiger partial charge in [0.25, 0.3) is 11.7 Å². The topological polar surface area (TPSA) is 151 Å². The van der Waals surface area contributed by atoms with Crippen LogP contribution in [0.5, 0.6) is 0 Å². The van der Waals surface area contributed by atoms with Crippen molar-refractivity contribution in [1.82, 2.24) is 20.9 Å². The highest BCUT2D eigenvalue weighted by Gasteiger charge is 2.47. The number of hydrogen-bond donors (Lipinski definition) is 4. The maximum Gasteiger partial charge on any atom is 0.315 e. The number of nitrogens with one attached hydrogen (secondary N) is 3. The summed E-state index contributed by atoms with van der Waals surface area (Å²) in [4.78, 5) is 65.8. The second-order valence-electron chi connectivity index (χ2n) is 12.8. The second-order valence-corrected chi connectivity index (χ2v) is 14.5. The first-order chi connectivity index (χ1) is 20.2. The fourth-order valence-electron chi connectivity index (χ4n) is 4.25. The third-order valence-electron chi connectivity index (χ3n) is 6.74. The minimum absolute atomic E-state index is 0.0591. The van der Waals surface area contributed by atoms with Crippen LogP contribution in [0, 0.1) is 17.3 Å². The van der Waals surface area contributed by atoms with Gasteiger partial charge >= 0.3 is 6.03 Å². The lowest BCUT2D eigenvalue weighted by Gasteiger charge is -2.37. The van der Waals surface area contributed by atoms with Gasteiger partial charge in [-0.2, -0.15) is 0 Å². The Balaban J connectivity index is -0.00000221. The van der Waals surface area contributed by atoms with Crippen LogP contribution in [0.2, 0.25) is 0 Å². The van der Waals surface area contributed by atoms with E-state index in [0.29, 0.717) is 19.4 Å². The molecule has 0 aromatic heterocycles. The number of hydrogen-bond acceptors (Lipinski definition) is 6. The zero-order chi connectivity index (χ0) is 35.6. The van der Waals surface area contributed by atoms with Gasteiger partial charge in [0, 0.05) is 17.3 Å². The molecular formula is C33H67N5O5S. The number of urea groups is 1. The number of carbonyl (C=O) groups is 5. The van der Waals surface area contributed by atoms with E-state index in [0.717, 1.165) is 11.8 Å². The maximum atomic E-state index is 13.9. The minimum Gasteiger partial charge on any atom is -0.363 e. The largest absolute Gasteiger partial charge is 0.363 e. The first-order valence-corrected chi connectivity index (χ1v) is 17.4. The highest BCUT2D eigenvalue weighted by Crippen LogP contribution is 2.34. The summed E-state index contributed by atoms with van der Waals surface area (Å²) in [6.07, 6.45) is 2.55. The zero-order valence-electron chi connectivity index (χ0n) is 30.8. The number of nitrogens with zero attached hydrogens (tertiary/aromatic N) is 1. The van der Waals surface area contributed by atoms with Crippen LogP contribution in [0.4, 0.5) is 4.79 Å². The lowest BCUT2D eigenvalue weighted by atomic mass is 9.84. The molecule has 11 heteroatoms. The molecule has 5 amide bonds. The van der Waals surface area contributed by atoms with Crippen molar-refractivity contribution >= 4 is 41.3 Å². The van der Waals surface area contributed by atoms with Gasteiger partial charge in [-0.3, -0.25) is 19.2 Å². The van der Waals surface area contributed by atoms with Crippen molar-refractivity contribution in [2.24, 2.45) is 23.0 Å². The van der Waals surface area contributed by atoms with Gasteiger partial charge in [0.2, 0.25) is 11.8 Å². The van der Waals surface area contributed by atoms with Crippen molar-refractivity contribution < 1.29 is 24.0 Å². The van der Waals surface area contributed by atoms with Crippen molar-refractivity contribution in [3.8, 4) is 0 Å². The van der Waals surface area contributed by atoms with E-state index in [4.69, 9.17) is 5.73 Å². The van der Waals surface area contributed by atoms with E-state index in [-0.39, 0.29) is 23.0 Å². The van der Waals surface area contributed by atoms with Gasteiger partial charge in [-0.1, -0.05) is 103 Å². The molecule has 0 aliphatic carbocycles. The fourth-order valence-corrected chi connectivity index (χ4v) is 5.22. The van der Waals surface area contributed by atoms with Crippen molar-refractivity contribution in [3.05, 3.63) is 0 Å². The van der Waals surface area contributed by atoms with Gasteiger partial charge in [-0.05, 0) is 43.9 Å². The third kappa shape index (κ3) is 16.1. The Kier molecular flexibility index (Phi) is 23.3. The molecule has 1 aliphatic rings. The zero-order valence-corrected chi connectivity index (χ0v) is 31.6. The monoisotopic (exact) mass is 645 g/mol. The molecule has 4 atom stereocenters. The molecule has 0 aromatic carbocycles. The van der Waals surface area contributed by atoms with Crippen LogP contribution >= 0.6 is 11.8 Å². The first-order valence-electron chi connectivity index (χ1n) is 16.4. The predicted molar refractivity (Wildman–Crippen MR) is 185 cm³/mol. The summed E-state index contributed by atoms with van der Waals surface area (Å²) in [6, 6.07) is -2.21. The Morgan fingerprint density at radius 2 is 1.36 bits per heavy atom. The summed E-state index contributed by atoms with van der Waals surface area (Å²) in [6.45, 7) is 31.5. The summed E-state index contributed by atoms with van der Waals surface area (Å²) in [5, 5.41) is 7.21. The van der Waals surface area contributed by atoms with Crippen molar-refractivity contribution in [2.45, 2.75) is 158 Å². The van der Waals surface area contributed by atoms with E-state index in [1.54, 1.807) is 0 Å². The Labute approximate surface area is 273 Å². The van der Waals surface area contributed by atoms with Gasteiger partial charge in [0.05, 0.1) is 0 Å². The van der Waals surface area contributed by atoms with Crippen molar-refractivity contribution in [2.75, 3.05) is 6.54 Å². The third-order valence-corrected chi connectivity index (χ3v) is 7.89. The van der Waals surface area contributed by atoms with Gasteiger partial charge in [-0.15, -0.1) is 11.8 Å². The Morgan fingerprint density at radius 1 is 0.886 bits per heavy atom. The average molecular weight is 646 g/mol. The maximum absolute atomic E-state index is 13.9. The molecule has 0 saturated carbocycles.